The van der Waals surface area contributed by atoms with Gasteiger partial charge in [-0.05, 0) is 35.2 Å². The molecule has 110 valence electrons. The number of hydrogen-bond donors (Lipinski definition) is 2. The van der Waals surface area contributed by atoms with Crippen molar-refractivity contribution in [2.45, 2.75) is 12.5 Å². The number of aromatic nitrogens is 1. The van der Waals surface area contributed by atoms with Crippen molar-refractivity contribution >= 4 is 16.9 Å². The molecule has 0 aliphatic heterocycles. The van der Waals surface area contributed by atoms with E-state index in [-0.39, 0.29) is 0 Å². The zero-order chi connectivity index (χ0) is 15.5. The Morgan fingerprint density at radius 2 is 1.82 bits per heavy atom. The zero-order valence-electron chi connectivity index (χ0n) is 11.9. The maximum absolute atomic E-state index is 10.8. The van der Waals surface area contributed by atoms with Crippen LogP contribution in [0.15, 0.2) is 60.8 Å². The zero-order valence-corrected chi connectivity index (χ0v) is 11.9. The minimum atomic E-state index is -0.982. The molecule has 0 bridgehead atoms. The standard InChI is InChI=1S/C18H16N2O2/c19-16(18(21)22)11-12-5-7-13(8-6-12)14-9-10-20-17-4-2-1-3-15(14)17/h1-10,16H,11,19H2,(H,21,22). The van der Waals surface area contributed by atoms with Crippen LogP contribution in [-0.4, -0.2) is 22.1 Å². The van der Waals surface area contributed by atoms with Crippen molar-refractivity contribution in [2.75, 3.05) is 0 Å². The molecule has 0 aliphatic rings. The van der Waals surface area contributed by atoms with E-state index in [0.717, 1.165) is 27.6 Å². The molecule has 0 aliphatic carbocycles. The van der Waals surface area contributed by atoms with Gasteiger partial charge in [0.15, 0.2) is 0 Å². The van der Waals surface area contributed by atoms with Gasteiger partial charge in [-0.15, -0.1) is 0 Å². The molecular formula is C18H16N2O2. The molecule has 0 radical (unpaired) electrons. The Labute approximate surface area is 128 Å². The summed E-state index contributed by atoms with van der Waals surface area (Å²) in [5, 5.41) is 9.96. The number of rotatable bonds is 4. The fourth-order valence-corrected chi connectivity index (χ4v) is 2.51. The Balaban J connectivity index is 1.93. The summed E-state index contributed by atoms with van der Waals surface area (Å²) in [4.78, 5) is 15.2. The Morgan fingerprint density at radius 1 is 1.09 bits per heavy atom. The molecule has 1 unspecified atom stereocenters. The quantitative estimate of drug-likeness (QED) is 0.775. The molecular weight excluding hydrogens is 276 g/mol. The number of carbonyl (C=O) groups is 1. The number of aliphatic carboxylic acids is 1. The molecule has 0 spiro atoms. The average molecular weight is 292 g/mol. The fraction of sp³-hybridized carbons (Fsp3) is 0.111. The van der Waals surface area contributed by atoms with Gasteiger partial charge < -0.3 is 10.8 Å². The third-order valence-electron chi connectivity index (χ3n) is 3.69. The van der Waals surface area contributed by atoms with Crippen LogP contribution in [0, 0.1) is 0 Å². The van der Waals surface area contributed by atoms with Crippen molar-refractivity contribution in [1.82, 2.24) is 4.98 Å². The van der Waals surface area contributed by atoms with E-state index >= 15 is 0 Å². The molecule has 0 saturated heterocycles. The Morgan fingerprint density at radius 3 is 2.55 bits per heavy atom. The summed E-state index contributed by atoms with van der Waals surface area (Å²) in [6.45, 7) is 0. The second-order valence-corrected chi connectivity index (χ2v) is 5.22. The Bertz CT molecular complexity index is 807. The first-order valence-corrected chi connectivity index (χ1v) is 7.06. The van der Waals surface area contributed by atoms with Crippen LogP contribution < -0.4 is 5.73 Å². The highest BCUT2D eigenvalue weighted by atomic mass is 16.4. The van der Waals surface area contributed by atoms with Crippen LogP contribution in [0.2, 0.25) is 0 Å². The lowest BCUT2D eigenvalue weighted by Crippen LogP contribution is -2.32. The number of hydrogen-bond acceptors (Lipinski definition) is 3. The number of nitrogens with zero attached hydrogens (tertiary/aromatic N) is 1. The van der Waals surface area contributed by atoms with Crippen LogP contribution in [0.4, 0.5) is 0 Å². The fourth-order valence-electron chi connectivity index (χ4n) is 2.51. The minimum Gasteiger partial charge on any atom is -0.480 e. The molecule has 3 N–H and O–H groups in total. The molecule has 0 saturated carbocycles. The van der Waals surface area contributed by atoms with E-state index in [4.69, 9.17) is 10.8 Å². The van der Waals surface area contributed by atoms with Crippen molar-refractivity contribution in [1.29, 1.82) is 0 Å². The van der Waals surface area contributed by atoms with Crippen LogP contribution in [0.5, 0.6) is 0 Å². The van der Waals surface area contributed by atoms with Crippen LogP contribution in [0.3, 0.4) is 0 Å². The van der Waals surface area contributed by atoms with Crippen molar-refractivity contribution in [3.63, 3.8) is 0 Å². The number of para-hydroxylation sites is 1. The van der Waals surface area contributed by atoms with Crippen LogP contribution in [-0.2, 0) is 11.2 Å². The van der Waals surface area contributed by atoms with Gasteiger partial charge in [0.25, 0.3) is 0 Å². The molecule has 2 aromatic carbocycles. The molecule has 1 atom stereocenters. The van der Waals surface area contributed by atoms with Gasteiger partial charge in [-0.25, -0.2) is 0 Å². The summed E-state index contributed by atoms with van der Waals surface area (Å²) in [6.07, 6.45) is 2.12. The van der Waals surface area contributed by atoms with Gasteiger partial charge in [0, 0.05) is 11.6 Å². The SMILES string of the molecule is NC(Cc1ccc(-c2ccnc3ccccc23)cc1)C(=O)O. The summed E-state index contributed by atoms with van der Waals surface area (Å²) in [6, 6.07) is 16.9. The number of nitrogens with two attached hydrogens (primary N) is 1. The van der Waals surface area contributed by atoms with Crippen LogP contribution in [0.25, 0.3) is 22.0 Å². The van der Waals surface area contributed by atoms with E-state index in [9.17, 15) is 4.79 Å². The molecule has 0 amide bonds. The third-order valence-corrected chi connectivity index (χ3v) is 3.69. The number of carboxylic acids is 1. The first kappa shape index (κ1) is 14.2. The highest BCUT2D eigenvalue weighted by Gasteiger charge is 2.12. The number of benzene rings is 2. The van der Waals surface area contributed by atoms with Gasteiger partial charge in [0.1, 0.15) is 6.04 Å². The van der Waals surface area contributed by atoms with Gasteiger partial charge >= 0.3 is 5.97 Å². The number of carboxylic acid groups (broad SMARTS) is 1. The first-order chi connectivity index (χ1) is 10.6. The molecule has 22 heavy (non-hydrogen) atoms. The predicted molar refractivity (Wildman–Crippen MR) is 86.5 cm³/mol. The Kier molecular flexibility index (Phi) is 3.85. The normalized spacial score (nSPS) is 12.2. The minimum absolute atomic E-state index is 0.326. The summed E-state index contributed by atoms with van der Waals surface area (Å²) < 4.78 is 0. The summed E-state index contributed by atoms with van der Waals surface area (Å²) in [7, 11) is 0. The van der Waals surface area contributed by atoms with Crippen molar-refractivity contribution in [3.05, 3.63) is 66.4 Å². The number of pyridine rings is 1. The van der Waals surface area contributed by atoms with E-state index < -0.39 is 12.0 Å². The first-order valence-electron chi connectivity index (χ1n) is 7.06. The van der Waals surface area contributed by atoms with Crippen molar-refractivity contribution in [2.24, 2.45) is 5.73 Å². The maximum atomic E-state index is 10.8. The second-order valence-electron chi connectivity index (χ2n) is 5.22. The van der Waals surface area contributed by atoms with Crippen LogP contribution >= 0.6 is 0 Å². The highest BCUT2D eigenvalue weighted by Crippen LogP contribution is 2.27. The van der Waals surface area contributed by atoms with E-state index in [1.807, 2.05) is 54.6 Å². The van der Waals surface area contributed by atoms with Gasteiger partial charge in [-0.2, -0.15) is 0 Å². The van der Waals surface area contributed by atoms with Gasteiger partial charge in [-0.3, -0.25) is 9.78 Å². The molecule has 4 nitrogen and oxygen atoms in total. The summed E-state index contributed by atoms with van der Waals surface area (Å²) in [5.41, 5.74) is 9.62. The summed E-state index contributed by atoms with van der Waals surface area (Å²) in [5.74, 6) is -0.982. The molecule has 3 rings (SSSR count). The molecule has 1 aromatic heterocycles. The molecule has 1 heterocycles. The van der Waals surface area contributed by atoms with Crippen molar-refractivity contribution in [3.8, 4) is 11.1 Å². The monoisotopic (exact) mass is 292 g/mol. The van der Waals surface area contributed by atoms with Crippen molar-refractivity contribution < 1.29 is 9.90 Å². The lowest BCUT2D eigenvalue weighted by Gasteiger charge is -2.09. The lowest BCUT2D eigenvalue weighted by atomic mass is 9.98. The molecule has 4 heteroatoms. The maximum Gasteiger partial charge on any atom is 0.320 e. The van der Waals surface area contributed by atoms with Gasteiger partial charge in [-0.1, -0.05) is 42.5 Å². The smallest absolute Gasteiger partial charge is 0.320 e. The topological polar surface area (TPSA) is 76.2 Å². The van der Waals surface area contributed by atoms with Crippen LogP contribution in [0.1, 0.15) is 5.56 Å². The predicted octanol–water partition coefficient (Wildman–Crippen LogP) is 2.86. The highest BCUT2D eigenvalue weighted by molar-refractivity contribution is 5.94. The molecule has 0 fully saturated rings. The van der Waals surface area contributed by atoms with E-state index in [1.165, 1.54) is 0 Å². The largest absolute Gasteiger partial charge is 0.480 e. The Hall–Kier alpha value is -2.72. The van der Waals surface area contributed by atoms with E-state index in [0.29, 0.717) is 6.42 Å². The molecule has 3 aromatic rings. The van der Waals surface area contributed by atoms with E-state index in [2.05, 4.69) is 4.98 Å². The third kappa shape index (κ3) is 2.82. The van der Waals surface area contributed by atoms with Gasteiger partial charge in [0.05, 0.1) is 5.52 Å². The van der Waals surface area contributed by atoms with Gasteiger partial charge in [0.2, 0.25) is 0 Å². The lowest BCUT2D eigenvalue weighted by molar-refractivity contribution is -0.138. The second kappa shape index (κ2) is 5.95. The summed E-state index contributed by atoms with van der Waals surface area (Å²) >= 11 is 0. The van der Waals surface area contributed by atoms with E-state index in [1.54, 1.807) is 6.20 Å². The average Bonchev–Trinajstić information content (AvgIpc) is 2.55. The number of fused-ring (bicyclic) bond motifs is 1.